The van der Waals surface area contributed by atoms with Crippen molar-refractivity contribution in [3.05, 3.63) is 60.3 Å². The highest BCUT2D eigenvalue weighted by Gasteiger charge is 2.37. The number of carbonyl (C=O) groups is 4. The Kier molecular flexibility index (Phi) is 9.52. The van der Waals surface area contributed by atoms with Crippen LogP contribution in [0.5, 0.6) is 0 Å². The van der Waals surface area contributed by atoms with Crippen LogP contribution in [0.15, 0.2) is 54.4 Å². The normalized spacial score (nSPS) is 15.1. The van der Waals surface area contributed by atoms with Gasteiger partial charge in [0.1, 0.15) is 11.3 Å². The van der Waals surface area contributed by atoms with Crippen LogP contribution in [0, 0.1) is 0 Å². The monoisotopic (exact) mass is 522 g/mol. The molecule has 0 radical (unpaired) electrons. The van der Waals surface area contributed by atoms with Crippen molar-refractivity contribution in [1.29, 1.82) is 0 Å². The van der Waals surface area contributed by atoms with Crippen LogP contribution >= 0.6 is 0 Å². The van der Waals surface area contributed by atoms with Crippen LogP contribution in [0.1, 0.15) is 79.5 Å². The van der Waals surface area contributed by atoms with Gasteiger partial charge in [0.2, 0.25) is 5.78 Å². The molecular formula is C29H34N2O7. The summed E-state index contributed by atoms with van der Waals surface area (Å²) < 4.78 is 6.97. The lowest BCUT2D eigenvalue weighted by molar-refractivity contribution is -0.143. The number of ether oxygens (including phenoxy) is 1. The van der Waals surface area contributed by atoms with Crippen molar-refractivity contribution in [2.75, 3.05) is 6.61 Å². The van der Waals surface area contributed by atoms with Crippen LogP contribution < -0.4 is 0 Å². The van der Waals surface area contributed by atoms with E-state index >= 15 is 0 Å². The number of esters is 1. The average molecular weight is 523 g/mol. The van der Waals surface area contributed by atoms with Gasteiger partial charge < -0.3 is 19.2 Å². The zero-order chi connectivity index (χ0) is 27.9. The van der Waals surface area contributed by atoms with Crippen LogP contribution in [-0.2, 0) is 25.7 Å². The maximum atomic E-state index is 13.7. The predicted octanol–water partition coefficient (Wildman–Crippen LogP) is 4.71. The van der Waals surface area contributed by atoms with Crippen molar-refractivity contribution in [2.45, 2.75) is 70.9 Å². The molecule has 1 aromatic carbocycles. The molecule has 38 heavy (non-hydrogen) atoms. The fourth-order valence-corrected chi connectivity index (χ4v) is 4.49. The van der Waals surface area contributed by atoms with Gasteiger partial charge in [0.15, 0.2) is 5.78 Å². The number of aromatic nitrogens is 1. The Morgan fingerprint density at radius 1 is 1.18 bits per heavy atom. The Balaban J connectivity index is 1.99. The van der Waals surface area contributed by atoms with E-state index in [1.165, 1.54) is 13.0 Å². The second kappa shape index (κ2) is 12.6. The molecular weight excluding hydrogens is 488 g/mol. The molecule has 2 aromatic rings. The molecule has 1 aliphatic carbocycles. The molecule has 1 saturated carbocycles. The molecule has 1 heterocycles. The Morgan fingerprint density at radius 2 is 1.89 bits per heavy atom. The number of rotatable bonds is 12. The van der Waals surface area contributed by atoms with E-state index in [9.17, 15) is 24.3 Å². The Morgan fingerprint density at radius 3 is 2.53 bits per heavy atom. The minimum Gasteiger partial charge on any atom is -0.462 e. The predicted molar refractivity (Wildman–Crippen MR) is 143 cm³/mol. The number of Topliss-reactive ketones (excluding diaryl/α,β-unsaturated/α-hetero) is 2. The number of ketones is 2. The summed E-state index contributed by atoms with van der Waals surface area (Å²) in [5.74, 6) is -2.22. The minimum absolute atomic E-state index is 0.0981. The van der Waals surface area contributed by atoms with Crippen molar-refractivity contribution in [3.8, 4) is 0 Å². The molecule has 0 amide bonds. The fourth-order valence-electron chi connectivity index (χ4n) is 4.49. The molecule has 0 atom stereocenters. The molecule has 1 N–H and O–H groups in total. The molecule has 1 fully saturated rings. The lowest BCUT2D eigenvalue weighted by atomic mass is 9.79. The van der Waals surface area contributed by atoms with Crippen LogP contribution in [0.4, 0.5) is 0 Å². The van der Waals surface area contributed by atoms with Crippen LogP contribution in [-0.4, -0.2) is 51.1 Å². The van der Waals surface area contributed by atoms with Gasteiger partial charge in [-0.05, 0) is 44.9 Å². The first kappa shape index (κ1) is 28.7. The maximum Gasteiger partial charge on any atom is 0.338 e. The van der Waals surface area contributed by atoms with Crippen molar-refractivity contribution < 1.29 is 33.9 Å². The quantitative estimate of drug-likeness (QED) is 0.0814. The smallest absolute Gasteiger partial charge is 0.338 e. The standard InChI is InChI=1S/C29H34N2O7/c1-5-10-25(32)38-30-23(13-16-37-28(35)19(3)4)26(33)22-18-31(6-2)24-12-11-20(17-21(22)24)27(34)29(36)14-8-7-9-15-29/h5,11-12,17-18,36H,1,3,6-10,13-16H2,2,4H3/b30-23+. The average Bonchev–Trinajstić information content (AvgIpc) is 3.28. The highest BCUT2D eigenvalue weighted by atomic mass is 16.7. The fraction of sp³-hybridized carbons (Fsp3) is 0.414. The highest BCUT2D eigenvalue weighted by molar-refractivity contribution is 6.48. The van der Waals surface area contributed by atoms with E-state index in [1.54, 1.807) is 24.4 Å². The maximum absolute atomic E-state index is 13.7. The summed E-state index contributed by atoms with van der Waals surface area (Å²) in [5, 5.41) is 15.3. The second-order valence-corrected chi connectivity index (χ2v) is 9.47. The third kappa shape index (κ3) is 6.52. The van der Waals surface area contributed by atoms with Crippen molar-refractivity contribution in [2.24, 2.45) is 5.16 Å². The molecule has 9 nitrogen and oxygen atoms in total. The Hall–Kier alpha value is -3.85. The summed E-state index contributed by atoms with van der Waals surface area (Å²) in [6.45, 7) is 10.8. The van der Waals surface area contributed by atoms with Gasteiger partial charge in [-0.2, -0.15) is 0 Å². The topological polar surface area (TPSA) is 124 Å². The van der Waals surface area contributed by atoms with Gasteiger partial charge in [0.25, 0.3) is 0 Å². The van der Waals surface area contributed by atoms with Crippen molar-refractivity contribution in [1.82, 2.24) is 4.57 Å². The van der Waals surface area contributed by atoms with Gasteiger partial charge in [-0.15, -0.1) is 6.58 Å². The van der Waals surface area contributed by atoms with Gasteiger partial charge in [-0.3, -0.25) is 9.59 Å². The molecule has 0 saturated heterocycles. The lowest BCUT2D eigenvalue weighted by Gasteiger charge is -2.30. The van der Waals surface area contributed by atoms with Gasteiger partial charge >= 0.3 is 11.9 Å². The first-order chi connectivity index (χ1) is 18.1. The van der Waals surface area contributed by atoms with E-state index in [1.807, 2.05) is 11.5 Å². The summed E-state index contributed by atoms with van der Waals surface area (Å²) in [6.07, 6.45) is 6.13. The largest absolute Gasteiger partial charge is 0.462 e. The summed E-state index contributed by atoms with van der Waals surface area (Å²) >= 11 is 0. The summed E-state index contributed by atoms with van der Waals surface area (Å²) in [5.41, 5.74) is -0.0553. The van der Waals surface area contributed by atoms with Crippen LogP contribution in [0.3, 0.4) is 0 Å². The van der Waals surface area contributed by atoms with E-state index < -0.39 is 23.3 Å². The number of aliphatic hydroxyl groups is 1. The number of aryl methyl sites for hydroxylation is 1. The third-order valence-corrected chi connectivity index (χ3v) is 6.58. The molecule has 0 bridgehead atoms. The van der Waals surface area contributed by atoms with E-state index in [2.05, 4.69) is 18.3 Å². The number of oxime groups is 1. The number of benzene rings is 1. The molecule has 0 unspecified atom stereocenters. The number of hydrogen-bond donors (Lipinski definition) is 1. The van der Waals surface area contributed by atoms with Gasteiger partial charge in [0, 0.05) is 46.8 Å². The molecule has 3 rings (SSSR count). The van der Waals surface area contributed by atoms with Crippen LogP contribution in [0.25, 0.3) is 10.9 Å². The molecule has 9 heteroatoms. The number of carbonyl (C=O) groups excluding carboxylic acids is 4. The Labute approximate surface area is 221 Å². The van der Waals surface area contributed by atoms with Gasteiger partial charge in [-0.1, -0.05) is 37.1 Å². The molecule has 202 valence electrons. The molecule has 1 aromatic heterocycles. The Bertz CT molecular complexity index is 1300. The SMILES string of the molecule is C=CCC(=O)O/N=C(\CCOC(=O)C(=C)C)C(=O)c1cn(CC)c2ccc(C(=O)C3(O)CCCCC3)cc12. The van der Waals surface area contributed by atoms with E-state index in [0.717, 1.165) is 24.8 Å². The first-order valence-corrected chi connectivity index (χ1v) is 12.8. The molecule has 0 aliphatic heterocycles. The third-order valence-electron chi connectivity index (χ3n) is 6.58. The van der Waals surface area contributed by atoms with Crippen molar-refractivity contribution >= 4 is 40.1 Å². The zero-order valence-corrected chi connectivity index (χ0v) is 22.0. The lowest BCUT2D eigenvalue weighted by Crippen LogP contribution is -2.40. The summed E-state index contributed by atoms with van der Waals surface area (Å²) in [7, 11) is 0. The zero-order valence-electron chi connectivity index (χ0n) is 22.0. The summed E-state index contributed by atoms with van der Waals surface area (Å²) in [4.78, 5) is 55.5. The van der Waals surface area contributed by atoms with E-state index in [0.29, 0.717) is 30.3 Å². The van der Waals surface area contributed by atoms with Gasteiger partial charge in [-0.25, -0.2) is 9.59 Å². The van der Waals surface area contributed by atoms with Gasteiger partial charge in [0.05, 0.1) is 13.0 Å². The number of fused-ring (bicyclic) bond motifs is 1. The highest BCUT2D eigenvalue weighted by Crippen LogP contribution is 2.33. The molecule has 0 spiro atoms. The van der Waals surface area contributed by atoms with Crippen molar-refractivity contribution in [3.63, 3.8) is 0 Å². The van der Waals surface area contributed by atoms with E-state index in [-0.39, 0.29) is 42.1 Å². The first-order valence-electron chi connectivity index (χ1n) is 12.8. The number of nitrogens with zero attached hydrogens (tertiary/aromatic N) is 2. The van der Waals surface area contributed by atoms with Crippen LogP contribution in [0.2, 0.25) is 0 Å². The minimum atomic E-state index is -1.41. The number of hydrogen-bond acceptors (Lipinski definition) is 8. The van der Waals surface area contributed by atoms with E-state index in [4.69, 9.17) is 9.57 Å². The second-order valence-electron chi connectivity index (χ2n) is 9.47. The molecule has 1 aliphatic rings. The summed E-state index contributed by atoms with van der Waals surface area (Å²) in [6, 6.07) is 5.04.